The van der Waals surface area contributed by atoms with E-state index in [0.29, 0.717) is 36.7 Å². The average Bonchev–Trinajstić information content (AvgIpc) is 3.04. The molecule has 7 nitrogen and oxygen atoms in total. The van der Waals surface area contributed by atoms with Crippen LogP contribution in [-0.4, -0.2) is 55.6 Å². The first-order valence-electron chi connectivity index (χ1n) is 9.17. The van der Waals surface area contributed by atoms with E-state index in [2.05, 4.69) is 5.32 Å². The molecule has 3 rings (SSSR count). The highest BCUT2D eigenvalue weighted by Gasteiger charge is 2.30. The Morgan fingerprint density at radius 1 is 1.24 bits per heavy atom. The summed E-state index contributed by atoms with van der Waals surface area (Å²) in [6, 6.07) is 5.53. The Labute approximate surface area is 171 Å². The molecule has 1 saturated heterocycles. The van der Waals surface area contributed by atoms with E-state index in [-0.39, 0.29) is 28.6 Å². The standard InChI is InChI=1S/C20H21FN2O5S/c1-3-28-20(26)15-12(2)16(19(25)23-8-10-27-11-9-23)29-18(15)22-17(24)13-6-4-5-7-14(13)21/h4-7H,3,8-11H2,1-2H3,(H,22,24). The molecule has 2 aromatic rings. The number of halogens is 1. The molecule has 0 radical (unpaired) electrons. The van der Waals surface area contributed by atoms with Crippen molar-refractivity contribution in [3.05, 3.63) is 51.7 Å². The van der Waals surface area contributed by atoms with Gasteiger partial charge in [-0.05, 0) is 31.5 Å². The number of amides is 2. The number of esters is 1. The van der Waals surface area contributed by atoms with E-state index in [1.807, 2.05) is 0 Å². The van der Waals surface area contributed by atoms with Crippen LogP contribution in [0.5, 0.6) is 0 Å². The molecule has 154 valence electrons. The molecule has 0 atom stereocenters. The van der Waals surface area contributed by atoms with Crippen LogP contribution in [0, 0.1) is 12.7 Å². The number of thiophene rings is 1. The Kier molecular flexibility index (Phi) is 6.60. The average molecular weight is 420 g/mol. The molecule has 9 heteroatoms. The number of carbonyl (C=O) groups is 3. The zero-order valence-corrected chi connectivity index (χ0v) is 16.9. The number of hydrogen-bond acceptors (Lipinski definition) is 6. The number of nitrogens with zero attached hydrogens (tertiary/aromatic N) is 1. The Hall–Kier alpha value is -2.78. The molecule has 0 spiro atoms. The third-order valence-electron chi connectivity index (χ3n) is 4.46. The van der Waals surface area contributed by atoms with E-state index in [4.69, 9.17) is 9.47 Å². The van der Waals surface area contributed by atoms with Crippen LogP contribution >= 0.6 is 11.3 Å². The third-order valence-corrected chi connectivity index (χ3v) is 5.66. The first-order valence-corrected chi connectivity index (χ1v) is 9.99. The van der Waals surface area contributed by atoms with E-state index >= 15 is 0 Å². The number of ether oxygens (including phenoxy) is 2. The highest BCUT2D eigenvalue weighted by Crippen LogP contribution is 2.35. The molecule has 2 heterocycles. The van der Waals surface area contributed by atoms with Crippen molar-refractivity contribution in [1.29, 1.82) is 0 Å². The molecule has 29 heavy (non-hydrogen) atoms. The Morgan fingerprint density at radius 3 is 2.59 bits per heavy atom. The molecule has 1 aliphatic heterocycles. The summed E-state index contributed by atoms with van der Waals surface area (Å²) >= 11 is 0.984. The summed E-state index contributed by atoms with van der Waals surface area (Å²) in [6.07, 6.45) is 0. The lowest BCUT2D eigenvalue weighted by atomic mass is 10.1. The van der Waals surface area contributed by atoms with Gasteiger partial charge in [0.1, 0.15) is 10.8 Å². The van der Waals surface area contributed by atoms with E-state index in [1.54, 1.807) is 18.7 Å². The number of hydrogen-bond donors (Lipinski definition) is 1. The zero-order chi connectivity index (χ0) is 21.0. The summed E-state index contributed by atoms with van der Waals surface area (Å²) in [6.45, 7) is 5.22. The van der Waals surface area contributed by atoms with Crippen molar-refractivity contribution in [3.63, 3.8) is 0 Å². The Morgan fingerprint density at radius 2 is 1.93 bits per heavy atom. The lowest BCUT2D eigenvalue weighted by molar-refractivity contribution is 0.0305. The van der Waals surface area contributed by atoms with Gasteiger partial charge >= 0.3 is 5.97 Å². The molecule has 0 bridgehead atoms. The van der Waals surface area contributed by atoms with Gasteiger partial charge in [0, 0.05) is 13.1 Å². The SMILES string of the molecule is CCOC(=O)c1c(NC(=O)c2ccccc2F)sc(C(=O)N2CCOCC2)c1C. The molecule has 1 aromatic carbocycles. The van der Waals surface area contributed by atoms with Crippen molar-refractivity contribution in [2.24, 2.45) is 0 Å². The first kappa shape index (κ1) is 20.9. The number of benzene rings is 1. The molecule has 0 aliphatic carbocycles. The van der Waals surface area contributed by atoms with Crippen LogP contribution in [0.25, 0.3) is 0 Å². The van der Waals surface area contributed by atoms with Crippen molar-refractivity contribution in [2.45, 2.75) is 13.8 Å². The van der Waals surface area contributed by atoms with Gasteiger partial charge in [0.2, 0.25) is 0 Å². The van der Waals surface area contributed by atoms with Gasteiger partial charge in [-0.15, -0.1) is 11.3 Å². The fourth-order valence-electron chi connectivity index (χ4n) is 2.98. The quantitative estimate of drug-likeness (QED) is 0.752. The van der Waals surface area contributed by atoms with Crippen molar-refractivity contribution < 1.29 is 28.2 Å². The number of nitrogens with one attached hydrogen (secondary N) is 1. The van der Waals surface area contributed by atoms with Crippen molar-refractivity contribution >= 4 is 34.1 Å². The predicted octanol–water partition coefficient (Wildman–Crippen LogP) is 3.10. The lowest BCUT2D eigenvalue weighted by Gasteiger charge is -2.26. The van der Waals surface area contributed by atoms with Gasteiger partial charge in [-0.3, -0.25) is 9.59 Å². The van der Waals surface area contributed by atoms with Crippen molar-refractivity contribution in [1.82, 2.24) is 4.90 Å². The Bertz CT molecular complexity index is 937. The molecule has 0 saturated carbocycles. The van der Waals surface area contributed by atoms with Gasteiger partial charge in [-0.25, -0.2) is 9.18 Å². The fraction of sp³-hybridized carbons (Fsp3) is 0.350. The van der Waals surface area contributed by atoms with Crippen molar-refractivity contribution in [3.8, 4) is 0 Å². The van der Waals surface area contributed by atoms with E-state index in [1.165, 1.54) is 24.3 Å². The number of morpholine rings is 1. The van der Waals surface area contributed by atoms with Gasteiger partial charge in [0.15, 0.2) is 0 Å². The normalized spacial score (nSPS) is 13.8. The molecule has 2 amide bonds. The van der Waals surface area contributed by atoms with Crippen LogP contribution in [0.1, 0.15) is 42.9 Å². The minimum absolute atomic E-state index is 0.109. The maximum absolute atomic E-state index is 14.0. The van der Waals surface area contributed by atoms with Crippen LogP contribution < -0.4 is 5.32 Å². The maximum Gasteiger partial charge on any atom is 0.341 e. The highest BCUT2D eigenvalue weighted by atomic mass is 32.1. The van der Waals surface area contributed by atoms with E-state index < -0.39 is 17.7 Å². The van der Waals surface area contributed by atoms with Gasteiger partial charge in [0.05, 0.1) is 35.8 Å². The number of rotatable bonds is 5. The third kappa shape index (κ3) is 4.46. The van der Waals surface area contributed by atoms with Gasteiger partial charge in [-0.1, -0.05) is 12.1 Å². The maximum atomic E-state index is 14.0. The van der Waals surface area contributed by atoms with Gasteiger partial charge in [-0.2, -0.15) is 0 Å². The van der Waals surface area contributed by atoms with Crippen LogP contribution in [0.15, 0.2) is 24.3 Å². The summed E-state index contributed by atoms with van der Waals surface area (Å²) in [5, 5.41) is 2.73. The monoisotopic (exact) mass is 420 g/mol. The van der Waals surface area contributed by atoms with Gasteiger partial charge in [0.25, 0.3) is 11.8 Å². The minimum atomic E-state index is -0.708. The molecule has 1 aliphatic rings. The minimum Gasteiger partial charge on any atom is -0.462 e. The molecule has 1 fully saturated rings. The lowest BCUT2D eigenvalue weighted by Crippen LogP contribution is -2.40. The topological polar surface area (TPSA) is 84.9 Å². The van der Waals surface area contributed by atoms with Crippen LogP contribution in [0.3, 0.4) is 0 Å². The number of carbonyl (C=O) groups excluding carboxylic acids is 3. The summed E-state index contributed by atoms with van der Waals surface area (Å²) in [5.74, 6) is -2.28. The second kappa shape index (κ2) is 9.15. The molecule has 1 N–H and O–H groups in total. The van der Waals surface area contributed by atoms with Gasteiger partial charge < -0.3 is 19.7 Å². The largest absolute Gasteiger partial charge is 0.462 e. The predicted molar refractivity (Wildman–Crippen MR) is 106 cm³/mol. The molecular weight excluding hydrogens is 399 g/mol. The van der Waals surface area contributed by atoms with Crippen LogP contribution in [0.2, 0.25) is 0 Å². The smallest absolute Gasteiger partial charge is 0.341 e. The highest BCUT2D eigenvalue weighted by molar-refractivity contribution is 7.18. The summed E-state index contributed by atoms with van der Waals surface area (Å²) < 4.78 is 24.3. The summed E-state index contributed by atoms with van der Waals surface area (Å²) in [5.41, 5.74) is 0.376. The molecule has 1 aromatic heterocycles. The summed E-state index contributed by atoms with van der Waals surface area (Å²) in [7, 11) is 0. The summed E-state index contributed by atoms with van der Waals surface area (Å²) in [4.78, 5) is 40.0. The fourth-order valence-corrected chi connectivity index (χ4v) is 4.14. The first-order chi connectivity index (χ1) is 13.9. The Balaban J connectivity index is 1.96. The number of anilines is 1. The van der Waals surface area contributed by atoms with Crippen molar-refractivity contribution in [2.75, 3.05) is 38.2 Å². The molecule has 0 unspecified atom stereocenters. The zero-order valence-electron chi connectivity index (χ0n) is 16.1. The van der Waals surface area contributed by atoms with Crippen LogP contribution in [0.4, 0.5) is 9.39 Å². The van der Waals surface area contributed by atoms with Crippen LogP contribution in [-0.2, 0) is 9.47 Å². The van der Waals surface area contributed by atoms with E-state index in [0.717, 1.165) is 11.3 Å². The second-order valence-electron chi connectivity index (χ2n) is 6.32. The van der Waals surface area contributed by atoms with E-state index in [9.17, 15) is 18.8 Å². The molecular formula is C20H21FN2O5S. The second-order valence-corrected chi connectivity index (χ2v) is 7.34.